The maximum Gasteiger partial charge on any atom is 0.0783 e. The van der Waals surface area contributed by atoms with Gasteiger partial charge in [0.2, 0.25) is 0 Å². The van der Waals surface area contributed by atoms with Crippen LogP contribution >= 0.6 is 0 Å². The van der Waals surface area contributed by atoms with Gasteiger partial charge in [-0.15, -0.1) is 0 Å². The van der Waals surface area contributed by atoms with Crippen LogP contribution in [0.4, 0.5) is 0 Å². The quantitative estimate of drug-likeness (QED) is 0.629. The van der Waals surface area contributed by atoms with Crippen molar-refractivity contribution in [3.05, 3.63) is 11.8 Å². The lowest BCUT2D eigenvalue weighted by Gasteiger charge is -2.60. The van der Waals surface area contributed by atoms with Crippen LogP contribution in [0.3, 0.4) is 0 Å². The number of rotatable bonds is 0. The van der Waals surface area contributed by atoms with Gasteiger partial charge in [-0.25, -0.2) is 0 Å². The van der Waals surface area contributed by atoms with E-state index in [0.717, 1.165) is 42.9 Å². The van der Waals surface area contributed by atoms with Crippen molar-refractivity contribution in [3.63, 3.8) is 0 Å². The largest absolute Gasteiger partial charge is 0.516 e. The maximum absolute atomic E-state index is 10.5. The highest BCUT2D eigenvalue weighted by molar-refractivity contribution is 5.15. The Hall–Kier alpha value is -0.500. The second kappa shape index (κ2) is 5.00. The van der Waals surface area contributed by atoms with E-state index in [4.69, 9.17) is 0 Å². The molecular weight excluding hydrogens is 272 g/mol. The summed E-state index contributed by atoms with van der Waals surface area (Å²) in [5.74, 6) is 3.22. The molecule has 2 N–H and O–H groups in total. The SMILES string of the molecule is C[C@]12CC(=CO)CCC1CC[C@@H]1[C@H]2CC[C@]2(C)C(O)CC[C@@H]12. The molecule has 4 saturated carbocycles. The third kappa shape index (κ3) is 1.89. The first kappa shape index (κ1) is 15.1. The fourth-order valence-corrected chi connectivity index (χ4v) is 7.30. The van der Waals surface area contributed by atoms with E-state index in [0.29, 0.717) is 5.41 Å². The standard InChI is InChI=1S/C20H32O2/c1-19-10-9-17-15(16(19)7-8-18(19)22)6-5-14-4-3-13(12-21)11-20(14,17)2/h12,14-18,21-22H,3-11H2,1-2H3/t14?,15-,16-,17+,18?,19-,20-/m0/s1. The zero-order valence-electron chi connectivity index (χ0n) is 14.2. The first-order chi connectivity index (χ1) is 10.5. The van der Waals surface area contributed by atoms with Crippen LogP contribution in [0.2, 0.25) is 0 Å². The summed E-state index contributed by atoms with van der Waals surface area (Å²) in [6.07, 6.45) is 12.3. The summed E-state index contributed by atoms with van der Waals surface area (Å²) < 4.78 is 0. The third-order valence-corrected chi connectivity index (χ3v) is 8.62. The monoisotopic (exact) mass is 304 g/mol. The second-order valence-electron chi connectivity index (χ2n) is 9.30. The molecule has 0 spiro atoms. The molecule has 0 amide bonds. The molecule has 2 unspecified atom stereocenters. The van der Waals surface area contributed by atoms with Crippen LogP contribution in [0.1, 0.15) is 71.6 Å². The Morgan fingerprint density at radius 1 is 0.955 bits per heavy atom. The van der Waals surface area contributed by atoms with Gasteiger partial charge >= 0.3 is 0 Å². The predicted octanol–water partition coefficient (Wildman–Crippen LogP) is 4.83. The Kier molecular flexibility index (Phi) is 3.42. The third-order valence-electron chi connectivity index (χ3n) is 8.62. The molecule has 2 nitrogen and oxygen atoms in total. The van der Waals surface area contributed by atoms with Gasteiger partial charge < -0.3 is 10.2 Å². The number of allylic oxidation sites excluding steroid dienone is 1. The van der Waals surface area contributed by atoms with Crippen molar-refractivity contribution in [2.24, 2.45) is 34.5 Å². The summed E-state index contributed by atoms with van der Waals surface area (Å²) in [5.41, 5.74) is 1.86. The summed E-state index contributed by atoms with van der Waals surface area (Å²) in [6, 6.07) is 0. The van der Waals surface area contributed by atoms with Crippen LogP contribution in [0.25, 0.3) is 0 Å². The van der Waals surface area contributed by atoms with Crippen LogP contribution < -0.4 is 0 Å². The van der Waals surface area contributed by atoms with Gasteiger partial charge in [0.05, 0.1) is 12.4 Å². The molecule has 0 aromatic carbocycles. The van der Waals surface area contributed by atoms with E-state index in [9.17, 15) is 10.2 Å². The lowest BCUT2D eigenvalue weighted by atomic mass is 9.45. The van der Waals surface area contributed by atoms with Crippen molar-refractivity contribution in [1.29, 1.82) is 0 Å². The Morgan fingerprint density at radius 2 is 1.73 bits per heavy atom. The van der Waals surface area contributed by atoms with Gasteiger partial charge in [-0.3, -0.25) is 0 Å². The molecule has 0 aromatic heterocycles. The maximum atomic E-state index is 10.5. The van der Waals surface area contributed by atoms with Crippen LogP contribution in [0.15, 0.2) is 11.8 Å². The van der Waals surface area contributed by atoms with Gasteiger partial charge in [0.1, 0.15) is 0 Å². The minimum Gasteiger partial charge on any atom is -0.516 e. The van der Waals surface area contributed by atoms with E-state index in [-0.39, 0.29) is 11.5 Å². The second-order valence-corrected chi connectivity index (χ2v) is 9.30. The van der Waals surface area contributed by atoms with Crippen molar-refractivity contribution in [1.82, 2.24) is 0 Å². The lowest BCUT2D eigenvalue weighted by molar-refractivity contribution is -0.114. The summed E-state index contributed by atoms with van der Waals surface area (Å²) in [5, 5.41) is 20.0. The van der Waals surface area contributed by atoms with Crippen LogP contribution in [0.5, 0.6) is 0 Å². The smallest absolute Gasteiger partial charge is 0.0783 e. The van der Waals surface area contributed by atoms with E-state index in [1.807, 2.05) is 0 Å². The average Bonchev–Trinajstić information content (AvgIpc) is 2.81. The fraction of sp³-hybridized carbons (Fsp3) is 0.900. The number of aliphatic hydroxyl groups excluding tert-OH is 2. The first-order valence-electron chi connectivity index (χ1n) is 9.49. The summed E-state index contributed by atoms with van der Waals surface area (Å²) in [6.45, 7) is 4.88. The Labute approximate surface area is 135 Å². The highest BCUT2D eigenvalue weighted by Crippen LogP contribution is 2.66. The molecule has 0 aromatic rings. The number of aliphatic hydroxyl groups is 2. The van der Waals surface area contributed by atoms with E-state index < -0.39 is 0 Å². The van der Waals surface area contributed by atoms with Crippen molar-refractivity contribution in [3.8, 4) is 0 Å². The molecule has 0 radical (unpaired) electrons. The van der Waals surface area contributed by atoms with Crippen molar-refractivity contribution >= 4 is 0 Å². The van der Waals surface area contributed by atoms with Crippen molar-refractivity contribution < 1.29 is 10.2 Å². The van der Waals surface area contributed by atoms with E-state index in [1.54, 1.807) is 0 Å². The van der Waals surface area contributed by atoms with Gasteiger partial charge in [0.15, 0.2) is 0 Å². The van der Waals surface area contributed by atoms with Gasteiger partial charge in [0, 0.05) is 0 Å². The normalized spacial score (nSPS) is 56.3. The molecule has 0 heterocycles. The van der Waals surface area contributed by atoms with Gasteiger partial charge in [-0.05, 0) is 97.9 Å². The van der Waals surface area contributed by atoms with Crippen LogP contribution in [0, 0.1) is 34.5 Å². The molecule has 22 heavy (non-hydrogen) atoms. The van der Waals surface area contributed by atoms with E-state index >= 15 is 0 Å². The molecule has 0 aliphatic heterocycles. The summed E-state index contributed by atoms with van der Waals surface area (Å²) in [4.78, 5) is 0. The summed E-state index contributed by atoms with van der Waals surface area (Å²) in [7, 11) is 0. The van der Waals surface area contributed by atoms with Crippen molar-refractivity contribution in [2.45, 2.75) is 77.7 Å². The number of hydrogen-bond donors (Lipinski definition) is 2. The molecule has 124 valence electrons. The molecule has 2 heteroatoms. The molecule has 4 fully saturated rings. The first-order valence-corrected chi connectivity index (χ1v) is 9.49. The minimum atomic E-state index is -0.0664. The van der Waals surface area contributed by atoms with E-state index in [1.165, 1.54) is 50.4 Å². The molecular formula is C20H32O2. The fourth-order valence-electron chi connectivity index (χ4n) is 7.30. The highest BCUT2D eigenvalue weighted by atomic mass is 16.3. The zero-order valence-corrected chi connectivity index (χ0v) is 14.2. The number of fused-ring (bicyclic) bond motifs is 5. The molecule has 0 saturated heterocycles. The molecule has 0 bridgehead atoms. The van der Waals surface area contributed by atoms with Crippen LogP contribution in [-0.2, 0) is 0 Å². The predicted molar refractivity (Wildman–Crippen MR) is 88.4 cm³/mol. The molecule has 7 atom stereocenters. The Morgan fingerprint density at radius 3 is 2.50 bits per heavy atom. The van der Waals surface area contributed by atoms with Gasteiger partial charge in [-0.1, -0.05) is 13.8 Å². The van der Waals surface area contributed by atoms with Crippen molar-refractivity contribution in [2.75, 3.05) is 0 Å². The molecule has 4 aliphatic rings. The molecule has 4 rings (SSSR count). The minimum absolute atomic E-state index is 0.0664. The van der Waals surface area contributed by atoms with Gasteiger partial charge in [-0.2, -0.15) is 0 Å². The molecule has 4 aliphatic carbocycles. The average molecular weight is 304 g/mol. The Balaban J connectivity index is 1.65. The lowest BCUT2D eigenvalue weighted by Crippen LogP contribution is -2.53. The Bertz CT molecular complexity index is 484. The highest BCUT2D eigenvalue weighted by Gasteiger charge is 2.59. The zero-order chi connectivity index (χ0) is 15.5. The topological polar surface area (TPSA) is 40.5 Å². The van der Waals surface area contributed by atoms with Gasteiger partial charge in [0.25, 0.3) is 0 Å². The van der Waals surface area contributed by atoms with E-state index in [2.05, 4.69) is 13.8 Å². The summed E-state index contributed by atoms with van der Waals surface area (Å²) >= 11 is 0. The van der Waals surface area contributed by atoms with Crippen LogP contribution in [-0.4, -0.2) is 16.3 Å². The number of hydrogen-bond acceptors (Lipinski definition) is 2.